The molecule has 0 saturated heterocycles. The largest absolute Gasteiger partial charge is 0.389 e. The van der Waals surface area contributed by atoms with Gasteiger partial charge in [0.1, 0.15) is 0 Å². The Bertz CT molecular complexity index is 125. The molecule has 0 saturated carbocycles. The van der Waals surface area contributed by atoms with Crippen molar-refractivity contribution in [3.8, 4) is 0 Å². The van der Waals surface area contributed by atoms with Crippen molar-refractivity contribution in [2.75, 3.05) is 24.9 Å². The number of hydrogen-bond acceptors (Lipinski definition) is 6. The molecule has 0 heterocycles. The predicted octanol–water partition coefficient (Wildman–Crippen LogP) is 1.14. The molecule has 0 fully saturated rings. The fourth-order valence-corrected chi connectivity index (χ4v) is 1.83. The Morgan fingerprint density at radius 2 is 2.25 bits per heavy atom. The zero-order valence-electron chi connectivity index (χ0n) is 7.10. The molecular weight excluding hydrogens is 198 g/mol. The molecule has 2 unspecified atom stereocenters. The molecule has 0 aliphatic rings. The third kappa shape index (κ3) is 4.97. The Labute approximate surface area is 80.5 Å². The molecule has 0 spiro atoms. The fraction of sp³-hybridized carbons (Fsp3) is 1.00. The Balaban J connectivity index is 3.67. The minimum Gasteiger partial charge on any atom is -0.389 e. The van der Waals surface area contributed by atoms with Gasteiger partial charge in [-0.15, -0.1) is 4.91 Å². The first-order valence-electron chi connectivity index (χ1n) is 3.40. The first-order valence-corrected chi connectivity index (χ1v) is 5.74. The maximum atomic E-state index is 9.73. The van der Waals surface area contributed by atoms with Crippen LogP contribution in [0, 0.1) is 4.91 Å². The van der Waals surface area contributed by atoms with Crippen molar-refractivity contribution in [2.45, 2.75) is 12.2 Å². The molecule has 4 nitrogen and oxygen atoms in total. The Kier molecular flexibility index (Phi) is 7.99. The lowest BCUT2D eigenvalue weighted by atomic mass is 10.2. The first-order chi connectivity index (χ1) is 5.76. The van der Waals surface area contributed by atoms with E-state index in [0.717, 1.165) is 17.7 Å². The van der Waals surface area contributed by atoms with Crippen LogP contribution in [-0.4, -0.2) is 42.2 Å². The van der Waals surface area contributed by atoms with Gasteiger partial charge in [-0.2, -0.15) is 11.8 Å². The second kappa shape index (κ2) is 7.85. The molecule has 0 aromatic carbocycles. The number of hydrogen-bond donors (Lipinski definition) is 1. The molecule has 0 amide bonds. The zero-order chi connectivity index (χ0) is 9.40. The highest BCUT2D eigenvalue weighted by Gasteiger charge is 2.17. The van der Waals surface area contributed by atoms with E-state index in [0.29, 0.717) is 5.75 Å². The molecule has 2 atom stereocenters. The van der Waals surface area contributed by atoms with Crippen LogP contribution in [0.1, 0.15) is 0 Å². The van der Waals surface area contributed by atoms with Crippen LogP contribution in [0.5, 0.6) is 0 Å². The van der Waals surface area contributed by atoms with Gasteiger partial charge in [-0.05, 0) is 6.26 Å². The summed E-state index contributed by atoms with van der Waals surface area (Å²) in [7, 11) is 1.54. The SMILES string of the molecule is COC(CSC)C(O)CSN=O. The van der Waals surface area contributed by atoms with Gasteiger partial charge in [0.25, 0.3) is 0 Å². The average molecular weight is 211 g/mol. The summed E-state index contributed by atoms with van der Waals surface area (Å²) in [6.07, 6.45) is 1.10. The van der Waals surface area contributed by atoms with Crippen molar-refractivity contribution in [3.05, 3.63) is 4.91 Å². The molecular formula is C6H13NO3S2. The number of thioether (sulfide) groups is 1. The maximum absolute atomic E-state index is 9.73. The van der Waals surface area contributed by atoms with Crippen LogP contribution in [0.15, 0.2) is 4.58 Å². The lowest BCUT2D eigenvalue weighted by Gasteiger charge is -2.18. The van der Waals surface area contributed by atoms with E-state index in [9.17, 15) is 10.0 Å². The molecule has 12 heavy (non-hydrogen) atoms. The Morgan fingerprint density at radius 1 is 1.58 bits per heavy atom. The minimum atomic E-state index is -0.620. The molecule has 6 heteroatoms. The van der Waals surface area contributed by atoms with E-state index in [4.69, 9.17) is 4.74 Å². The van der Waals surface area contributed by atoms with Crippen LogP contribution >= 0.6 is 23.7 Å². The van der Waals surface area contributed by atoms with Crippen LogP contribution in [0.3, 0.4) is 0 Å². The second-order valence-electron chi connectivity index (χ2n) is 2.17. The van der Waals surface area contributed by atoms with Gasteiger partial charge in [-0.3, -0.25) is 0 Å². The summed E-state index contributed by atoms with van der Waals surface area (Å²) in [5.74, 6) is 1.01. The summed E-state index contributed by atoms with van der Waals surface area (Å²) in [4.78, 5) is 9.73. The van der Waals surface area contributed by atoms with Crippen molar-refractivity contribution < 1.29 is 9.84 Å². The molecule has 0 aromatic heterocycles. The Morgan fingerprint density at radius 3 is 2.67 bits per heavy atom. The molecule has 72 valence electrons. The molecule has 0 rings (SSSR count). The minimum absolute atomic E-state index is 0.214. The number of ether oxygens (including phenoxy) is 1. The van der Waals surface area contributed by atoms with Crippen LogP contribution < -0.4 is 0 Å². The van der Waals surface area contributed by atoms with Crippen LogP contribution in [0.4, 0.5) is 0 Å². The van der Waals surface area contributed by atoms with Gasteiger partial charge in [0.15, 0.2) is 0 Å². The average Bonchev–Trinajstić information content (AvgIpc) is 2.10. The third-order valence-electron chi connectivity index (χ3n) is 1.36. The van der Waals surface area contributed by atoms with Crippen LogP contribution in [-0.2, 0) is 4.74 Å². The lowest BCUT2D eigenvalue weighted by molar-refractivity contribution is 0.0155. The highest BCUT2D eigenvalue weighted by atomic mass is 32.2. The van der Waals surface area contributed by atoms with E-state index in [1.165, 1.54) is 0 Å². The van der Waals surface area contributed by atoms with Crippen LogP contribution in [0.25, 0.3) is 0 Å². The maximum Gasteiger partial charge on any atom is 0.0928 e. The summed E-state index contributed by atoms with van der Waals surface area (Å²) in [6, 6.07) is 0. The highest BCUT2D eigenvalue weighted by Crippen LogP contribution is 2.11. The lowest BCUT2D eigenvalue weighted by Crippen LogP contribution is -2.32. The number of methoxy groups -OCH3 is 1. The summed E-state index contributed by atoms with van der Waals surface area (Å²) in [6.45, 7) is 0. The van der Waals surface area contributed by atoms with Gasteiger partial charge < -0.3 is 9.84 Å². The van der Waals surface area contributed by atoms with E-state index in [1.54, 1.807) is 18.9 Å². The molecule has 0 aliphatic carbocycles. The highest BCUT2D eigenvalue weighted by molar-refractivity contribution is 7.98. The van der Waals surface area contributed by atoms with Crippen molar-refractivity contribution in [3.63, 3.8) is 0 Å². The van der Waals surface area contributed by atoms with Gasteiger partial charge in [0.05, 0.1) is 12.2 Å². The smallest absolute Gasteiger partial charge is 0.0928 e. The van der Waals surface area contributed by atoms with Crippen LogP contribution in [0.2, 0.25) is 0 Å². The quantitative estimate of drug-likeness (QED) is 0.505. The van der Waals surface area contributed by atoms with E-state index < -0.39 is 6.10 Å². The number of aliphatic hydroxyl groups is 1. The molecule has 0 aliphatic heterocycles. The van der Waals surface area contributed by atoms with Crippen molar-refractivity contribution in [1.29, 1.82) is 0 Å². The normalized spacial score (nSPS) is 15.6. The first kappa shape index (κ1) is 12.2. The third-order valence-corrected chi connectivity index (χ3v) is 2.62. The van der Waals surface area contributed by atoms with Crippen molar-refractivity contribution in [2.24, 2.45) is 4.58 Å². The van der Waals surface area contributed by atoms with E-state index in [2.05, 4.69) is 4.58 Å². The van der Waals surface area contributed by atoms with Gasteiger partial charge >= 0.3 is 0 Å². The standard InChI is InChI=1S/C6H13NO3S2/c1-10-6(4-11-2)5(8)3-12-7-9/h5-6,8H,3-4H2,1-2H3. The number of nitrogens with zero attached hydrogens (tertiary/aromatic N) is 1. The number of nitroso groups, excluding NO2 is 1. The van der Waals surface area contributed by atoms with Gasteiger partial charge in [-0.25, -0.2) is 0 Å². The summed E-state index contributed by atoms with van der Waals surface area (Å²) in [5.41, 5.74) is 0. The van der Waals surface area contributed by atoms with Crippen molar-refractivity contribution in [1.82, 2.24) is 0 Å². The molecule has 1 N–H and O–H groups in total. The second-order valence-corrected chi connectivity index (χ2v) is 3.82. The Hall–Kier alpha value is 0.220. The monoisotopic (exact) mass is 211 g/mol. The van der Waals surface area contributed by atoms with Gasteiger partial charge in [-0.1, -0.05) is 0 Å². The number of aliphatic hydroxyl groups excluding tert-OH is 1. The van der Waals surface area contributed by atoms with E-state index >= 15 is 0 Å². The topological polar surface area (TPSA) is 58.9 Å². The summed E-state index contributed by atoms with van der Waals surface area (Å²) in [5, 5.41) is 9.41. The summed E-state index contributed by atoms with van der Waals surface area (Å²) < 4.78 is 7.62. The summed E-state index contributed by atoms with van der Waals surface area (Å²) >= 11 is 2.41. The molecule has 0 bridgehead atoms. The fourth-order valence-electron chi connectivity index (χ4n) is 0.715. The van der Waals surface area contributed by atoms with Gasteiger partial charge in [0, 0.05) is 35.1 Å². The molecule has 0 radical (unpaired) electrons. The van der Waals surface area contributed by atoms with E-state index in [-0.39, 0.29) is 6.10 Å². The number of rotatable bonds is 7. The zero-order valence-corrected chi connectivity index (χ0v) is 8.73. The van der Waals surface area contributed by atoms with Gasteiger partial charge in [0.2, 0.25) is 0 Å². The molecule has 0 aromatic rings. The predicted molar refractivity (Wildman–Crippen MR) is 53.4 cm³/mol. The van der Waals surface area contributed by atoms with E-state index in [1.807, 2.05) is 6.26 Å². The van der Waals surface area contributed by atoms with Crippen molar-refractivity contribution >= 4 is 23.7 Å².